The lowest BCUT2D eigenvalue weighted by atomic mass is 10.0. The molecule has 0 aliphatic carbocycles. The van der Waals surface area contributed by atoms with Gasteiger partial charge in [-0.15, -0.1) is 0 Å². The van der Waals surface area contributed by atoms with Crippen LogP contribution in [0.3, 0.4) is 0 Å². The summed E-state index contributed by atoms with van der Waals surface area (Å²) >= 11 is 5.06. The number of hydrogen-bond donors (Lipinski definition) is 2. The van der Waals surface area contributed by atoms with Gasteiger partial charge in [0.25, 0.3) is 0 Å². The van der Waals surface area contributed by atoms with Gasteiger partial charge < -0.3 is 10.1 Å². The fraction of sp³-hybridized carbons (Fsp3) is 0.143. The van der Waals surface area contributed by atoms with Crippen molar-refractivity contribution in [2.24, 2.45) is 5.10 Å². The molecule has 0 fully saturated rings. The summed E-state index contributed by atoms with van der Waals surface area (Å²) < 4.78 is 6.13. The second kappa shape index (κ2) is 8.45. The minimum absolute atomic E-state index is 0.462. The molecule has 5 heteroatoms. The first-order valence-electron chi connectivity index (χ1n) is 8.39. The molecule has 0 saturated heterocycles. The molecule has 0 aliphatic heterocycles. The van der Waals surface area contributed by atoms with Crippen LogP contribution in [0.25, 0.3) is 10.8 Å². The maximum absolute atomic E-state index is 6.13. The van der Waals surface area contributed by atoms with E-state index in [4.69, 9.17) is 17.0 Å². The van der Waals surface area contributed by atoms with Crippen molar-refractivity contribution in [3.05, 3.63) is 77.4 Å². The van der Waals surface area contributed by atoms with E-state index >= 15 is 0 Å². The number of ether oxygens (including phenoxy) is 1. The number of nitrogens with one attached hydrogen (secondary N) is 2. The van der Waals surface area contributed by atoms with Crippen LogP contribution in [0.15, 0.2) is 65.8 Å². The number of rotatable bonds is 5. The first-order valence-corrected chi connectivity index (χ1v) is 8.79. The van der Waals surface area contributed by atoms with Gasteiger partial charge in [-0.05, 0) is 47.1 Å². The van der Waals surface area contributed by atoms with E-state index in [1.807, 2.05) is 30.3 Å². The third-order valence-electron chi connectivity index (χ3n) is 4.16. The normalized spacial score (nSPS) is 10.8. The Bertz CT molecular complexity index is 953. The number of aryl methyl sites for hydroxylation is 1. The molecule has 0 radical (unpaired) electrons. The lowest BCUT2D eigenvalue weighted by molar-refractivity contribution is 0.305. The van der Waals surface area contributed by atoms with Crippen LogP contribution < -0.4 is 15.5 Å². The fourth-order valence-corrected chi connectivity index (χ4v) is 2.73. The van der Waals surface area contributed by atoms with Crippen LogP contribution >= 0.6 is 12.2 Å². The maximum atomic E-state index is 6.13. The molecule has 0 aliphatic rings. The summed E-state index contributed by atoms with van der Waals surface area (Å²) in [5.41, 5.74) is 6.09. The van der Waals surface area contributed by atoms with Crippen LogP contribution in [0.4, 0.5) is 0 Å². The van der Waals surface area contributed by atoms with Crippen molar-refractivity contribution in [2.75, 3.05) is 7.05 Å². The highest BCUT2D eigenvalue weighted by atomic mass is 32.1. The molecule has 26 heavy (non-hydrogen) atoms. The zero-order chi connectivity index (χ0) is 18.4. The Kier molecular flexibility index (Phi) is 5.81. The number of benzene rings is 3. The van der Waals surface area contributed by atoms with Crippen molar-refractivity contribution < 1.29 is 4.74 Å². The van der Waals surface area contributed by atoms with E-state index in [1.54, 1.807) is 13.3 Å². The molecule has 132 valence electrons. The molecule has 0 unspecified atom stereocenters. The van der Waals surface area contributed by atoms with Crippen LogP contribution in [0.2, 0.25) is 0 Å². The van der Waals surface area contributed by atoms with Gasteiger partial charge in [0.15, 0.2) is 5.11 Å². The molecule has 0 aromatic heterocycles. The van der Waals surface area contributed by atoms with Crippen LogP contribution in [0.1, 0.15) is 16.7 Å². The van der Waals surface area contributed by atoms with E-state index < -0.39 is 0 Å². The molecule has 4 nitrogen and oxygen atoms in total. The van der Waals surface area contributed by atoms with Crippen molar-refractivity contribution in [3.8, 4) is 5.75 Å². The number of hydrogen-bond acceptors (Lipinski definition) is 3. The Balaban J connectivity index is 1.92. The van der Waals surface area contributed by atoms with Gasteiger partial charge in [0, 0.05) is 12.6 Å². The number of fused-ring (bicyclic) bond motifs is 1. The quantitative estimate of drug-likeness (QED) is 0.406. The number of hydrazone groups is 1. The van der Waals surface area contributed by atoms with Gasteiger partial charge in [-0.3, -0.25) is 5.43 Å². The second-order valence-corrected chi connectivity index (χ2v) is 6.27. The van der Waals surface area contributed by atoms with E-state index in [0.29, 0.717) is 11.7 Å². The lowest BCUT2D eigenvalue weighted by Crippen LogP contribution is -2.28. The van der Waals surface area contributed by atoms with Crippen LogP contribution in [0.5, 0.6) is 5.75 Å². The maximum Gasteiger partial charge on any atom is 0.186 e. The summed E-state index contributed by atoms with van der Waals surface area (Å²) in [6.45, 7) is 2.60. The average molecular weight is 363 g/mol. The monoisotopic (exact) mass is 363 g/mol. The smallest absolute Gasteiger partial charge is 0.186 e. The summed E-state index contributed by atoms with van der Waals surface area (Å²) in [4.78, 5) is 0. The first kappa shape index (κ1) is 17.9. The van der Waals surface area contributed by atoms with E-state index in [9.17, 15) is 0 Å². The van der Waals surface area contributed by atoms with E-state index in [0.717, 1.165) is 27.6 Å². The van der Waals surface area contributed by atoms with Crippen molar-refractivity contribution in [2.45, 2.75) is 13.5 Å². The summed E-state index contributed by atoms with van der Waals surface area (Å²) in [6.07, 6.45) is 1.75. The highest BCUT2D eigenvalue weighted by Gasteiger charge is 2.08. The molecular weight excluding hydrogens is 342 g/mol. The molecular formula is C21H21N3OS. The Morgan fingerprint density at radius 1 is 1.08 bits per heavy atom. The highest BCUT2D eigenvalue weighted by Crippen LogP contribution is 2.27. The number of thiocarbonyl (C=S) groups is 1. The van der Waals surface area contributed by atoms with Crippen molar-refractivity contribution in [1.82, 2.24) is 10.7 Å². The SMILES string of the molecule is CNC(=S)N/N=C/c1c(OCc2ccccc2C)ccc2ccccc12. The molecule has 0 atom stereocenters. The molecule has 3 aromatic carbocycles. The Morgan fingerprint density at radius 2 is 1.85 bits per heavy atom. The molecule has 2 N–H and O–H groups in total. The molecule has 0 heterocycles. The minimum atomic E-state index is 0.462. The average Bonchev–Trinajstić information content (AvgIpc) is 2.68. The Hall–Kier alpha value is -2.92. The Morgan fingerprint density at radius 3 is 2.65 bits per heavy atom. The van der Waals surface area contributed by atoms with E-state index in [-0.39, 0.29) is 0 Å². The van der Waals surface area contributed by atoms with Crippen LogP contribution in [0, 0.1) is 6.92 Å². The summed E-state index contributed by atoms with van der Waals surface area (Å²) in [5.74, 6) is 0.785. The second-order valence-electron chi connectivity index (χ2n) is 5.86. The largest absolute Gasteiger partial charge is 0.488 e. The van der Waals surface area contributed by atoms with Gasteiger partial charge in [0.05, 0.1) is 6.21 Å². The van der Waals surface area contributed by atoms with Crippen molar-refractivity contribution in [3.63, 3.8) is 0 Å². The summed E-state index contributed by atoms with van der Waals surface area (Å²) in [6, 6.07) is 20.4. The third kappa shape index (κ3) is 4.18. The molecule has 0 amide bonds. The molecule has 3 rings (SSSR count). The molecule has 3 aromatic rings. The van der Waals surface area contributed by atoms with Crippen molar-refractivity contribution >= 4 is 34.3 Å². The minimum Gasteiger partial charge on any atom is -0.488 e. The summed E-state index contributed by atoms with van der Waals surface area (Å²) in [5, 5.41) is 9.74. The summed E-state index contributed by atoms with van der Waals surface area (Å²) in [7, 11) is 1.75. The topological polar surface area (TPSA) is 45.7 Å². The van der Waals surface area contributed by atoms with Gasteiger partial charge in [-0.25, -0.2) is 0 Å². The van der Waals surface area contributed by atoms with Gasteiger partial charge >= 0.3 is 0 Å². The Labute approximate surface area is 158 Å². The lowest BCUT2D eigenvalue weighted by Gasteiger charge is -2.13. The highest BCUT2D eigenvalue weighted by molar-refractivity contribution is 7.80. The van der Waals surface area contributed by atoms with Crippen LogP contribution in [-0.4, -0.2) is 18.4 Å². The first-order chi connectivity index (χ1) is 12.7. The zero-order valence-corrected chi connectivity index (χ0v) is 15.6. The van der Waals surface area contributed by atoms with Gasteiger partial charge in [0.2, 0.25) is 0 Å². The standard InChI is InChI=1S/C21H21N3OS/c1-15-7-3-4-9-17(15)14-25-20-12-11-16-8-5-6-10-18(16)19(20)13-23-24-21(26)22-2/h3-13H,14H2,1-2H3,(H2,22,24,26)/b23-13+. The van der Waals surface area contributed by atoms with Crippen LogP contribution in [-0.2, 0) is 6.61 Å². The predicted molar refractivity (Wildman–Crippen MR) is 112 cm³/mol. The fourth-order valence-electron chi connectivity index (χ4n) is 2.67. The van der Waals surface area contributed by atoms with Crippen molar-refractivity contribution in [1.29, 1.82) is 0 Å². The molecule has 0 spiro atoms. The molecule has 0 bridgehead atoms. The van der Waals surface area contributed by atoms with Gasteiger partial charge in [0.1, 0.15) is 12.4 Å². The van der Waals surface area contributed by atoms with Gasteiger partial charge in [-0.1, -0.05) is 54.6 Å². The van der Waals surface area contributed by atoms with Gasteiger partial charge in [-0.2, -0.15) is 5.10 Å². The molecule has 0 saturated carbocycles. The van der Waals surface area contributed by atoms with E-state index in [2.05, 4.69) is 53.1 Å². The van der Waals surface area contributed by atoms with E-state index in [1.165, 1.54) is 5.56 Å². The predicted octanol–water partition coefficient (Wildman–Crippen LogP) is 4.16. The zero-order valence-electron chi connectivity index (χ0n) is 14.8. The number of nitrogens with zero attached hydrogens (tertiary/aromatic N) is 1. The third-order valence-corrected chi connectivity index (χ3v) is 4.46.